The number of fused-ring (bicyclic) bond motifs is 2. The number of carbonyl (C=O) groups excluding carboxylic acids is 1. The van der Waals surface area contributed by atoms with E-state index in [4.69, 9.17) is 5.73 Å². The van der Waals surface area contributed by atoms with Crippen LogP contribution in [-0.2, 0) is 10.2 Å². The molecule has 3 rings (SSSR count). The number of carbonyl (C=O) groups is 1. The zero-order chi connectivity index (χ0) is 9.92. The summed E-state index contributed by atoms with van der Waals surface area (Å²) < 4.78 is 0. The maximum atomic E-state index is 11.7. The number of rotatable bonds is 0. The van der Waals surface area contributed by atoms with Crippen LogP contribution >= 0.6 is 0 Å². The topological polar surface area (TPSA) is 75.4 Å². The van der Waals surface area contributed by atoms with Gasteiger partial charge in [0.15, 0.2) is 0 Å². The highest BCUT2D eigenvalue weighted by Crippen LogP contribution is 2.54. The molecule has 1 fully saturated rings. The van der Waals surface area contributed by atoms with Gasteiger partial charge < -0.3 is 16.2 Å². The third-order valence-electron chi connectivity index (χ3n) is 3.15. The largest absolute Gasteiger partial charge is 0.508 e. The molecule has 4 nitrogen and oxygen atoms in total. The molecule has 1 aliphatic heterocycles. The monoisotopic (exact) mass is 190 g/mol. The molecule has 14 heavy (non-hydrogen) atoms. The van der Waals surface area contributed by atoms with E-state index < -0.39 is 5.41 Å². The van der Waals surface area contributed by atoms with Crippen molar-refractivity contribution in [2.75, 3.05) is 5.32 Å². The van der Waals surface area contributed by atoms with Gasteiger partial charge in [-0.15, -0.1) is 0 Å². The highest BCUT2D eigenvalue weighted by Gasteiger charge is 2.63. The van der Waals surface area contributed by atoms with E-state index in [0.717, 1.165) is 5.56 Å². The molecular formula is C10H10N2O2. The summed E-state index contributed by atoms with van der Waals surface area (Å²) >= 11 is 0. The third-order valence-corrected chi connectivity index (χ3v) is 3.15. The first-order chi connectivity index (χ1) is 6.64. The first-order valence-electron chi connectivity index (χ1n) is 4.55. The van der Waals surface area contributed by atoms with Crippen LogP contribution in [-0.4, -0.2) is 17.1 Å². The van der Waals surface area contributed by atoms with Gasteiger partial charge in [-0.25, -0.2) is 0 Å². The van der Waals surface area contributed by atoms with Crippen molar-refractivity contribution in [2.24, 2.45) is 5.73 Å². The van der Waals surface area contributed by atoms with Crippen molar-refractivity contribution in [2.45, 2.75) is 17.9 Å². The molecule has 72 valence electrons. The predicted molar refractivity (Wildman–Crippen MR) is 51.0 cm³/mol. The SMILES string of the molecule is NC1CC12C(=O)Nc1cc(O)ccc12. The van der Waals surface area contributed by atoms with Gasteiger partial charge in [-0.05, 0) is 18.1 Å². The van der Waals surface area contributed by atoms with Crippen LogP contribution in [0.4, 0.5) is 5.69 Å². The molecule has 1 aromatic carbocycles. The van der Waals surface area contributed by atoms with Crippen LogP contribution < -0.4 is 11.1 Å². The highest BCUT2D eigenvalue weighted by atomic mass is 16.3. The van der Waals surface area contributed by atoms with Crippen LogP contribution in [0.25, 0.3) is 0 Å². The Morgan fingerprint density at radius 1 is 1.57 bits per heavy atom. The fourth-order valence-electron chi connectivity index (χ4n) is 2.24. The van der Waals surface area contributed by atoms with E-state index >= 15 is 0 Å². The normalized spacial score (nSPS) is 32.9. The molecule has 0 saturated heterocycles. The number of phenolic OH excluding ortho intramolecular Hbond substituents is 1. The first-order valence-corrected chi connectivity index (χ1v) is 4.55. The minimum absolute atomic E-state index is 0.0365. The standard InChI is InChI=1S/C10H10N2O2/c11-8-4-10(8)6-2-1-5(13)3-7(6)12-9(10)14/h1-3,8,13H,4,11H2,(H,12,14). The second-order valence-electron chi connectivity index (χ2n) is 3.97. The van der Waals surface area contributed by atoms with Crippen LogP contribution in [0.1, 0.15) is 12.0 Å². The summed E-state index contributed by atoms with van der Waals surface area (Å²) in [7, 11) is 0. The van der Waals surface area contributed by atoms with Gasteiger partial charge in [-0.3, -0.25) is 4.79 Å². The van der Waals surface area contributed by atoms with Gasteiger partial charge in [0.1, 0.15) is 5.75 Å². The molecule has 0 aromatic heterocycles. The zero-order valence-electron chi connectivity index (χ0n) is 7.45. The molecule has 1 aliphatic carbocycles. The fourth-order valence-corrected chi connectivity index (χ4v) is 2.24. The quantitative estimate of drug-likeness (QED) is 0.551. The summed E-state index contributed by atoms with van der Waals surface area (Å²) in [6.45, 7) is 0. The van der Waals surface area contributed by atoms with Gasteiger partial charge in [0.25, 0.3) is 0 Å². The van der Waals surface area contributed by atoms with Crippen LogP contribution in [0.3, 0.4) is 0 Å². The number of hydrogen-bond donors (Lipinski definition) is 3. The molecule has 1 spiro atoms. The zero-order valence-corrected chi connectivity index (χ0v) is 7.45. The summed E-state index contributed by atoms with van der Waals surface area (Å²) in [5.74, 6) is 0.126. The number of aromatic hydroxyl groups is 1. The second kappa shape index (κ2) is 2.09. The lowest BCUT2D eigenvalue weighted by Crippen LogP contribution is -2.26. The van der Waals surface area contributed by atoms with Gasteiger partial charge in [-0.2, -0.15) is 0 Å². The van der Waals surface area contributed by atoms with Gasteiger partial charge in [0.05, 0.1) is 5.41 Å². The van der Waals surface area contributed by atoms with Crippen molar-refractivity contribution in [3.05, 3.63) is 23.8 Å². The number of nitrogens with two attached hydrogens (primary N) is 1. The van der Waals surface area contributed by atoms with E-state index in [1.807, 2.05) is 0 Å². The first kappa shape index (κ1) is 7.82. The Hall–Kier alpha value is -1.55. The van der Waals surface area contributed by atoms with E-state index in [-0.39, 0.29) is 17.7 Å². The van der Waals surface area contributed by atoms with Crippen LogP contribution in [0.2, 0.25) is 0 Å². The Morgan fingerprint density at radius 3 is 2.93 bits per heavy atom. The van der Waals surface area contributed by atoms with Gasteiger partial charge in [-0.1, -0.05) is 6.07 Å². The molecule has 1 saturated carbocycles. The molecule has 0 bridgehead atoms. The minimum atomic E-state index is -0.497. The van der Waals surface area contributed by atoms with E-state index in [9.17, 15) is 9.90 Å². The predicted octanol–water partition coefficient (Wildman–Crippen LogP) is 0.313. The Bertz CT molecular complexity index is 444. The summed E-state index contributed by atoms with van der Waals surface area (Å²) in [4.78, 5) is 11.7. The number of hydrogen-bond acceptors (Lipinski definition) is 3. The van der Waals surface area contributed by atoms with Gasteiger partial charge >= 0.3 is 0 Å². The molecule has 1 amide bonds. The number of benzene rings is 1. The average molecular weight is 190 g/mol. The van der Waals surface area contributed by atoms with Gasteiger partial charge in [0, 0.05) is 17.8 Å². The summed E-state index contributed by atoms with van der Waals surface area (Å²) in [6.07, 6.45) is 0.705. The molecule has 4 N–H and O–H groups in total. The lowest BCUT2D eigenvalue weighted by atomic mass is 9.97. The number of phenols is 1. The van der Waals surface area contributed by atoms with E-state index in [1.165, 1.54) is 0 Å². The molecule has 0 radical (unpaired) electrons. The number of anilines is 1. The average Bonchev–Trinajstić information content (AvgIpc) is 2.70. The van der Waals surface area contributed by atoms with Crippen LogP contribution in [0.15, 0.2) is 18.2 Å². The lowest BCUT2D eigenvalue weighted by Gasteiger charge is -2.04. The van der Waals surface area contributed by atoms with Gasteiger partial charge in [0.2, 0.25) is 5.91 Å². The summed E-state index contributed by atoms with van der Waals surface area (Å²) in [6, 6.07) is 4.85. The highest BCUT2D eigenvalue weighted by molar-refractivity contribution is 6.09. The van der Waals surface area contributed by atoms with Crippen molar-refractivity contribution in [3.63, 3.8) is 0 Å². The fraction of sp³-hybridized carbons (Fsp3) is 0.300. The van der Waals surface area contributed by atoms with Crippen LogP contribution in [0.5, 0.6) is 5.75 Å². The Balaban J connectivity index is 2.20. The van der Waals surface area contributed by atoms with Crippen molar-refractivity contribution in [1.29, 1.82) is 0 Å². The molecule has 4 heteroatoms. The lowest BCUT2D eigenvalue weighted by molar-refractivity contribution is -0.118. The second-order valence-corrected chi connectivity index (χ2v) is 3.97. The molecule has 1 heterocycles. The third kappa shape index (κ3) is 0.702. The van der Waals surface area contributed by atoms with E-state index in [1.54, 1.807) is 18.2 Å². The number of amides is 1. The molecular weight excluding hydrogens is 180 g/mol. The van der Waals surface area contributed by atoms with Crippen molar-refractivity contribution >= 4 is 11.6 Å². The molecule has 1 aromatic rings. The van der Waals surface area contributed by atoms with Crippen molar-refractivity contribution in [3.8, 4) is 5.75 Å². The summed E-state index contributed by atoms with van der Waals surface area (Å²) in [5.41, 5.74) is 6.91. The number of nitrogens with one attached hydrogen (secondary N) is 1. The maximum Gasteiger partial charge on any atom is 0.236 e. The maximum absolute atomic E-state index is 11.7. The smallest absolute Gasteiger partial charge is 0.236 e. The van der Waals surface area contributed by atoms with Crippen LogP contribution in [0, 0.1) is 0 Å². The summed E-state index contributed by atoms with van der Waals surface area (Å²) in [5, 5.41) is 12.0. The van der Waals surface area contributed by atoms with Crippen molar-refractivity contribution < 1.29 is 9.90 Å². The Labute approximate surface area is 80.7 Å². The molecule has 2 aliphatic rings. The van der Waals surface area contributed by atoms with E-state index in [0.29, 0.717) is 12.1 Å². The molecule has 2 atom stereocenters. The van der Waals surface area contributed by atoms with E-state index in [2.05, 4.69) is 5.32 Å². The minimum Gasteiger partial charge on any atom is -0.508 e. The van der Waals surface area contributed by atoms with Crippen molar-refractivity contribution in [1.82, 2.24) is 0 Å². The Morgan fingerprint density at radius 2 is 2.29 bits per heavy atom. The molecule has 2 unspecified atom stereocenters. The Kier molecular flexibility index (Phi) is 1.17.